The van der Waals surface area contributed by atoms with Crippen molar-refractivity contribution in [2.24, 2.45) is 0 Å². The van der Waals surface area contributed by atoms with Crippen molar-refractivity contribution in [1.29, 1.82) is 0 Å². The summed E-state index contributed by atoms with van der Waals surface area (Å²) in [5.41, 5.74) is 16.2. The summed E-state index contributed by atoms with van der Waals surface area (Å²) in [6, 6.07) is 14.2. The van der Waals surface area contributed by atoms with Gasteiger partial charge in [0.15, 0.2) is 28.2 Å². The summed E-state index contributed by atoms with van der Waals surface area (Å²) in [4.78, 5) is 72.9. The molecule has 336 valence electrons. The molecule has 0 aliphatic heterocycles. The van der Waals surface area contributed by atoms with E-state index in [2.05, 4.69) is 114 Å². The lowest BCUT2D eigenvalue weighted by molar-refractivity contribution is 1.08. The number of fused-ring (bicyclic) bond motifs is 6. The van der Waals surface area contributed by atoms with Crippen molar-refractivity contribution >= 4 is 66.9 Å². The molecule has 0 amide bonds. The minimum Gasteiger partial charge on any atom is -0.342 e. The molecule has 0 saturated carbocycles. The van der Waals surface area contributed by atoms with E-state index in [9.17, 15) is 0 Å². The molecule has 0 fully saturated rings. The molecule has 0 saturated heterocycles. The van der Waals surface area contributed by atoms with Gasteiger partial charge in [-0.2, -0.15) is 0 Å². The summed E-state index contributed by atoms with van der Waals surface area (Å²) in [6.07, 6.45) is 7.09. The number of hydrogen-bond acceptors (Lipinski definition) is 13. The maximum atomic E-state index is 4.30. The van der Waals surface area contributed by atoms with Crippen molar-refractivity contribution in [2.45, 2.75) is 83.1 Å². The zero-order valence-corrected chi connectivity index (χ0v) is 39.2. The number of H-pyrrole nitrogens is 6. The molecule has 1 aromatic carbocycles. The van der Waals surface area contributed by atoms with Crippen LogP contribution in [0.15, 0.2) is 67.3 Å². The quantitative estimate of drug-likeness (QED) is 0.0832. The van der Waals surface area contributed by atoms with Crippen LogP contribution in [0.4, 0.5) is 0 Å². The van der Waals surface area contributed by atoms with E-state index in [0.29, 0.717) is 5.65 Å². The van der Waals surface area contributed by atoms with Gasteiger partial charge in [-0.1, -0.05) is 6.07 Å². The summed E-state index contributed by atoms with van der Waals surface area (Å²) >= 11 is 0. The van der Waals surface area contributed by atoms with Crippen molar-refractivity contribution in [3.05, 3.63) is 136 Å². The van der Waals surface area contributed by atoms with Crippen molar-refractivity contribution < 1.29 is 0 Å². The molecular weight excluding hydrogens is 831 g/mol. The Kier molecular flexibility index (Phi) is 13.8. The number of pyridine rings is 3. The average molecular weight is 884 g/mol. The fourth-order valence-corrected chi connectivity index (χ4v) is 6.63. The molecule has 11 heterocycles. The highest BCUT2D eigenvalue weighted by atomic mass is 15.0. The Morgan fingerprint density at radius 1 is 0.303 bits per heavy atom. The number of imidazole rings is 6. The van der Waals surface area contributed by atoms with E-state index < -0.39 is 0 Å². The van der Waals surface area contributed by atoms with E-state index in [4.69, 9.17) is 0 Å². The Morgan fingerprint density at radius 2 is 0.864 bits per heavy atom. The van der Waals surface area contributed by atoms with Crippen LogP contribution in [0, 0.1) is 83.1 Å². The zero-order valence-electron chi connectivity index (χ0n) is 39.2. The molecule has 0 aliphatic rings. The molecule has 0 bridgehead atoms. The molecule has 0 radical (unpaired) electrons. The van der Waals surface area contributed by atoms with Crippen LogP contribution in [0.2, 0.25) is 0 Å². The maximum Gasteiger partial charge on any atom is 0.197 e. The van der Waals surface area contributed by atoms with Crippen molar-refractivity contribution in [1.82, 2.24) is 94.7 Å². The lowest BCUT2D eigenvalue weighted by Crippen LogP contribution is -1.85. The predicted octanol–water partition coefficient (Wildman–Crippen LogP) is 8.84. The first-order chi connectivity index (χ1) is 31.5. The smallest absolute Gasteiger partial charge is 0.197 e. The van der Waals surface area contributed by atoms with Crippen LogP contribution in [0.3, 0.4) is 0 Å². The second-order valence-electron chi connectivity index (χ2n) is 15.8. The third kappa shape index (κ3) is 12.0. The molecule has 12 aromatic rings. The molecule has 0 aliphatic carbocycles. The topological polar surface area (TPSA) is 262 Å². The van der Waals surface area contributed by atoms with Gasteiger partial charge in [0.2, 0.25) is 0 Å². The van der Waals surface area contributed by atoms with Crippen molar-refractivity contribution in [3.63, 3.8) is 0 Å². The van der Waals surface area contributed by atoms with Gasteiger partial charge in [0.25, 0.3) is 0 Å². The second kappa shape index (κ2) is 20.0. The van der Waals surface area contributed by atoms with Gasteiger partial charge in [-0.3, -0.25) is 4.98 Å². The van der Waals surface area contributed by atoms with Gasteiger partial charge >= 0.3 is 0 Å². The van der Waals surface area contributed by atoms with E-state index in [0.717, 1.165) is 125 Å². The largest absolute Gasteiger partial charge is 0.342 e. The molecule has 0 unspecified atom stereocenters. The second-order valence-corrected chi connectivity index (χ2v) is 15.8. The Hall–Kier alpha value is -8.35. The number of nitrogens with zero attached hydrogens (tertiary/aromatic N) is 13. The third-order valence-electron chi connectivity index (χ3n) is 9.50. The summed E-state index contributed by atoms with van der Waals surface area (Å²) in [5, 5.41) is 0. The van der Waals surface area contributed by atoms with Gasteiger partial charge in [-0.25, -0.2) is 59.8 Å². The van der Waals surface area contributed by atoms with Crippen LogP contribution >= 0.6 is 0 Å². The van der Waals surface area contributed by atoms with Gasteiger partial charge in [0.05, 0.1) is 57.4 Å². The monoisotopic (exact) mass is 883 g/mol. The molecular formula is C47H53N19. The number of aromatic amines is 6. The first kappa shape index (κ1) is 45.7. The van der Waals surface area contributed by atoms with Crippen LogP contribution in [0.5, 0.6) is 0 Å². The molecule has 0 spiro atoms. The van der Waals surface area contributed by atoms with Gasteiger partial charge in [-0.15, -0.1) is 0 Å². The van der Waals surface area contributed by atoms with Crippen molar-refractivity contribution in [3.8, 4) is 0 Å². The van der Waals surface area contributed by atoms with Crippen LogP contribution in [0.25, 0.3) is 66.9 Å². The first-order valence-corrected chi connectivity index (χ1v) is 21.2. The summed E-state index contributed by atoms with van der Waals surface area (Å²) in [6.45, 7) is 23.3. The van der Waals surface area contributed by atoms with E-state index >= 15 is 0 Å². The number of aromatic nitrogens is 19. The summed E-state index contributed by atoms with van der Waals surface area (Å²) in [7, 11) is 0. The Morgan fingerprint density at radius 3 is 1.62 bits per heavy atom. The molecule has 11 aromatic heterocycles. The fourth-order valence-electron chi connectivity index (χ4n) is 6.63. The Labute approximate surface area is 379 Å². The number of benzene rings is 1. The third-order valence-corrected chi connectivity index (χ3v) is 9.50. The number of hydrogen-bond donors (Lipinski definition) is 6. The summed E-state index contributed by atoms with van der Waals surface area (Å²) in [5.74, 6) is 6.23. The van der Waals surface area contributed by atoms with E-state index in [-0.39, 0.29) is 0 Å². The molecule has 6 N–H and O–H groups in total. The minimum absolute atomic E-state index is 0.688. The van der Waals surface area contributed by atoms with Gasteiger partial charge in [0.1, 0.15) is 46.3 Å². The van der Waals surface area contributed by atoms with E-state index in [1.807, 2.05) is 119 Å². The van der Waals surface area contributed by atoms with Gasteiger partial charge in [0, 0.05) is 17.6 Å². The van der Waals surface area contributed by atoms with Crippen molar-refractivity contribution in [2.75, 3.05) is 0 Å². The van der Waals surface area contributed by atoms with Crippen LogP contribution < -0.4 is 0 Å². The van der Waals surface area contributed by atoms with Gasteiger partial charge < -0.3 is 29.9 Å². The first-order valence-electron chi connectivity index (χ1n) is 21.2. The molecule has 12 rings (SSSR count). The van der Waals surface area contributed by atoms with E-state index in [1.165, 1.54) is 5.56 Å². The number of aryl methyl sites for hydroxylation is 12. The molecule has 19 nitrogen and oxygen atoms in total. The Balaban J connectivity index is 0.000000118. The highest BCUT2D eigenvalue weighted by molar-refractivity contribution is 5.76. The summed E-state index contributed by atoms with van der Waals surface area (Å²) < 4.78 is 0. The molecule has 66 heavy (non-hydrogen) atoms. The fraction of sp³-hybridized carbons (Fsp3) is 0.255. The average Bonchev–Trinajstić information content (AvgIpc) is 4.11. The van der Waals surface area contributed by atoms with Gasteiger partial charge in [-0.05, 0) is 131 Å². The van der Waals surface area contributed by atoms with E-state index in [1.54, 1.807) is 12.4 Å². The van der Waals surface area contributed by atoms with Crippen LogP contribution in [-0.4, -0.2) is 94.7 Å². The highest BCUT2D eigenvalue weighted by Crippen LogP contribution is 2.14. The molecule has 19 heteroatoms. The number of rotatable bonds is 0. The lowest BCUT2D eigenvalue weighted by atomic mass is 10.2. The molecule has 0 atom stereocenters. The standard InChI is InChI=1S/C9H10N2.3C8H9N3.2C7H8N4/c1-6-3-4-8-9(5-6)11-7(2)10-8;1-5-3-7-8(4-9-5)11-6(2)10-7;1-5-3-7-8(9-4-5)11-6(2)10-7;1-5-3-4-7-8(9-5)11-6(2)10-7;1-4-8-3-6-7(10-4)11-5(2)9-6;1-4-3-8-6-7(9-4)11-5(2)10-6/h3-5H,1-2H3,(H,10,11);3-4H,1-2H3,(H,10,11);2*3-4H,1-2H3,(H,9,10,11);2*3H,1-2H3,(H,8,9,10,11). The van der Waals surface area contributed by atoms with Crippen LogP contribution in [0.1, 0.15) is 69.0 Å². The maximum absolute atomic E-state index is 4.30. The lowest BCUT2D eigenvalue weighted by Gasteiger charge is -1.89. The number of nitrogens with one attached hydrogen (secondary N) is 6. The SMILES string of the molecule is Cc1cc2nc(C)[nH]c2cn1.Cc1ccc2[nH]c(C)nc2n1.Cc1ccc2nc(C)[nH]c2c1.Cc1cnc2nc(C)[nH]c2c1.Cc1cnc2nc(C)[nH]c2n1.Cc1ncc2[nH]c(C)nc2n1. The van der Waals surface area contributed by atoms with Crippen LogP contribution in [-0.2, 0) is 0 Å². The highest BCUT2D eigenvalue weighted by Gasteiger charge is 2.03. The normalized spacial score (nSPS) is 10.7. The Bertz CT molecular complexity index is 2940. The predicted molar refractivity (Wildman–Crippen MR) is 258 cm³/mol. The minimum atomic E-state index is 0.688. The zero-order chi connectivity index (χ0) is 47.1.